The number of nitrogens with two attached hydrogens (primary N) is 1. The van der Waals surface area contributed by atoms with Crippen LogP contribution >= 0.6 is 12.4 Å². The van der Waals surface area contributed by atoms with Crippen molar-refractivity contribution >= 4 is 28.3 Å². The fourth-order valence-electron chi connectivity index (χ4n) is 2.28. The predicted octanol–water partition coefficient (Wildman–Crippen LogP) is 0.858. The Balaban J connectivity index is 0.00000242. The standard InChI is InChI=1S/C14H21N3O3S.ClH/c15-8-7-14(18)16-11-12-3-5-13(6-4-12)21(19,20)17-9-1-2-10-17;/h3-6H,1-2,7-11,15H2,(H,16,18);1H. The van der Waals surface area contributed by atoms with Gasteiger partial charge in [0.05, 0.1) is 4.90 Å². The highest BCUT2D eigenvalue weighted by Gasteiger charge is 2.26. The van der Waals surface area contributed by atoms with Crippen molar-refractivity contribution in [2.45, 2.75) is 30.7 Å². The van der Waals surface area contributed by atoms with Gasteiger partial charge in [-0.3, -0.25) is 4.79 Å². The maximum Gasteiger partial charge on any atom is 0.243 e. The smallest absolute Gasteiger partial charge is 0.243 e. The SMILES string of the molecule is Cl.NCCC(=O)NCc1ccc(S(=O)(=O)N2CCCC2)cc1. The Morgan fingerprint density at radius 3 is 2.32 bits per heavy atom. The predicted molar refractivity (Wildman–Crippen MR) is 87.2 cm³/mol. The van der Waals surface area contributed by atoms with Crippen LogP contribution in [0.25, 0.3) is 0 Å². The molecule has 0 spiro atoms. The van der Waals surface area contributed by atoms with E-state index < -0.39 is 10.0 Å². The number of nitrogens with zero attached hydrogens (tertiary/aromatic N) is 1. The van der Waals surface area contributed by atoms with Crippen LogP contribution in [0.1, 0.15) is 24.8 Å². The summed E-state index contributed by atoms with van der Waals surface area (Å²) >= 11 is 0. The minimum atomic E-state index is -3.37. The minimum Gasteiger partial charge on any atom is -0.352 e. The molecule has 1 aromatic carbocycles. The van der Waals surface area contributed by atoms with Gasteiger partial charge in [-0.05, 0) is 30.5 Å². The molecule has 0 unspecified atom stereocenters. The second-order valence-electron chi connectivity index (χ2n) is 5.07. The third-order valence-corrected chi connectivity index (χ3v) is 5.40. The summed E-state index contributed by atoms with van der Waals surface area (Å²) < 4.78 is 26.2. The lowest BCUT2D eigenvalue weighted by molar-refractivity contribution is -0.121. The second kappa shape index (κ2) is 8.47. The molecule has 124 valence electrons. The molecule has 1 heterocycles. The average molecular weight is 348 g/mol. The van der Waals surface area contributed by atoms with E-state index in [0.717, 1.165) is 18.4 Å². The molecule has 0 aliphatic carbocycles. The normalized spacial score (nSPS) is 15.3. The molecule has 0 aromatic heterocycles. The van der Waals surface area contributed by atoms with E-state index in [1.807, 2.05) is 0 Å². The number of hydrogen-bond acceptors (Lipinski definition) is 4. The molecule has 8 heteroatoms. The van der Waals surface area contributed by atoms with E-state index in [1.165, 1.54) is 4.31 Å². The van der Waals surface area contributed by atoms with Crippen LogP contribution in [0.5, 0.6) is 0 Å². The fraction of sp³-hybridized carbons (Fsp3) is 0.500. The maximum absolute atomic E-state index is 12.3. The molecule has 1 fully saturated rings. The first kappa shape index (κ1) is 18.9. The van der Waals surface area contributed by atoms with Gasteiger partial charge >= 0.3 is 0 Å². The Morgan fingerprint density at radius 2 is 1.77 bits per heavy atom. The quantitative estimate of drug-likeness (QED) is 0.798. The zero-order valence-electron chi connectivity index (χ0n) is 12.3. The largest absolute Gasteiger partial charge is 0.352 e. The molecule has 1 aliphatic heterocycles. The molecule has 0 atom stereocenters. The molecular weight excluding hydrogens is 326 g/mol. The highest BCUT2D eigenvalue weighted by molar-refractivity contribution is 7.89. The highest BCUT2D eigenvalue weighted by Crippen LogP contribution is 2.20. The van der Waals surface area contributed by atoms with Gasteiger partial charge in [0.25, 0.3) is 0 Å². The lowest BCUT2D eigenvalue weighted by Crippen LogP contribution is -2.28. The summed E-state index contributed by atoms with van der Waals surface area (Å²) in [6.07, 6.45) is 2.14. The maximum atomic E-state index is 12.3. The first-order valence-electron chi connectivity index (χ1n) is 7.10. The Bertz CT molecular complexity index is 584. The molecule has 2 rings (SSSR count). The lowest BCUT2D eigenvalue weighted by Gasteiger charge is -2.15. The Kier molecular flexibility index (Phi) is 7.28. The molecule has 22 heavy (non-hydrogen) atoms. The van der Waals surface area contributed by atoms with Crippen molar-refractivity contribution in [2.24, 2.45) is 5.73 Å². The van der Waals surface area contributed by atoms with Crippen molar-refractivity contribution in [3.8, 4) is 0 Å². The van der Waals surface area contributed by atoms with Crippen LogP contribution in [0.3, 0.4) is 0 Å². The molecule has 1 saturated heterocycles. The average Bonchev–Trinajstić information content (AvgIpc) is 3.01. The van der Waals surface area contributed by atoms with E-state index in [9.17, 15) is 13.2 Å². The topological polar surface area (TPSA) is 92.5 Å². The Labute approximate surface area is 137 Å². The molecule has 1 amide bonds. The summed E-state index contributed by atoms with van der Waals surface area (Å²) in [6.45, 7) is 1.89. The van der Waals surface area contributed by atoms with Crippen molar-refractivity contribution in [3.05, 3.63) is 29.8 Å². The lowest BCUT2D eigenvalue weighted by atomic mass is 10.2. The molecule has 0 radical (unpaired) electrons. The summed E-state index contributed by atoms with van der Waals surface area (Å²) in [5, 5.41) is 2.73. The summed E-state index contributed by atoms with van der Waals surface area (Å²) in [5.41, 5.74) is 6.16. The van der Waals surface area contributed by atoms with Crippen LogP contribution in [0.2, 0.25) is 0 Å². The Hall–Kier alpha value is -1.15. The molecule has 0 bridgehead atoms. The van der Waals surface area contributed by atoms with E-state index in [2.05, 4.69) is 5.32 Å². The summed E-state index contributed by atoms with van der Waals surface area (Å²) in [4.78, 5) is 11.6. The van der Waals surface area contributed by atoms with Gasteiger partial charge in [-0.2, -0.15) is 4.31 Å². The number of hydrogen-bond donors (Lipinski definition) is 2. The van der Waals surface area contributed by atoms with E-state index in [0.29, 0.717) is 37.5 Å². The Morgan fingerprint density at radius 1 is 1.18 bits per heavy atom. The monoisotopic (exact) mass is 347 g/mol. The van der Waals surface area contributed by atoms with Gasteiger partial charge in [0.2, 0.25) is 15.9 Å². The molecule has 0 saturated carbocycles. The second-order valence-corrected chi connectivity index (χ2v) is 7.01. The van der Waals surface area contributed by atoms with Gasteiger partial charge in [-0.25, -0.2) is 8.42 Å². The zero-order chi connectivity index (χ0) is 15.3. The van der Waals surface area contributed by atoms with Crippen LogP contribution in [0, 0.1) is 0 Å². The third kappa shape index (κ3) is 4.67. The van der Waals surface area contributed by atoms with Gasteiger partial charge in [-0.15, -0.1) is 12.4 Å². The number of sulfonamides is 1. The number of carbonyl (C=O) groups is 1. The van der Waals surface area contributed by atoms with E-state index in [4.69, 9.17) is 5.73 Å². The zero-order valence-corrected chi connectivity index (χ0v) is 14.0. The van der Waals surface area contributed by atoms with Gasteiger partial charge in [0.15, 0.2) is 0 Å². The molecule has 1 aromatic rings. The third-order valence-electron chi connectivity index (χ3n) is 3.49. The highest BCUT2D eigenvalue weighted by atomic mass is 35.5. The van der Waals surface area contributed by atoms with Crippen LogP contribution in [0.15, 0.2) is 29.2 Å². The fourth-order valence-corrected chi connectivity index (χ4v) is 3.79. The van der Waals surface area contributed by atoms with Crippen LogP contribution < -0.4 is 11.1 Å². The van der Waals surface area contributed by atoms with E-state index in [-0.39, 0.29) is 18.3 Å². The molecular formula is C14H22ClN3O3S. The van der Waals surface area contributed by atoms with Crippen molar-refractivity contribution < 1.29 is 13.2 Å². The number of nitrogens with one attached hydrogen (secondary N) is 1. The number of amides is 1. The molecule has 1 aliphatic rings. The van der Waals surface area contributed by atoms with Crippen LogP contribution in [0.4, 0.5) is 0 Å². The van der Waals surface area contributed by atoms with Crippen LogP contribution in [-0.4, -0.2) is 38.3 Å². The summed E-state index contributed by atoms with van der Waals surface area (Å²) in [7, 11) is -3.37. The summed E-state index contributed by atoms with van der Waals surface area (Å²) in [5.74, 6) is -0.105. The number of carbonyl (C=O) groups excluding carboxylic acids is 1. The van der Waals surface area contributed by atoms with Crippen LogP contribution in [-0.2, 0) is 21.4 Å². The van der Waals surface area contributed by atoms with Gasteiger partial charge in [-0.1, -0.05) is 12.1 Å². The number of halogens is 1. The first-order chi connectivity index (χ1) is 10.0. The van der Waals surface area contributed by atoms with Gasteiger partial charge < -0.3 is 11.1 Å². The molecule has 3 N–H and O–H groups in total. The molecule has 6 nitrogen and oxygen atoms in total. The van der Waals surface area contributed by atoms with Crippen molar-refractivity contribution in [3.63, 3.8) is 0 Å². The van der Waals surface area contributed by atoms with Crippen molar-refractivity contribution in [1.82, 2.24) is 9.62 Å². The van der Waals surface area contributed by atoms with E-state index >= 15 is 0 Å². The first-order valence-corrected chi connectivity index (χ1v) is 8.54. The van der Waals surface area contributed by atoms with Crippen molar-refractivity contribution in [1.29, 1.82) is 0 Å². The van der Waals surface area contributed by atoms with Crippen molar-refractivity contribution in [2.75, 3.05) is 19.6 Å². The summed E-state index contributed by atoms with van der Waals surface area (Å²) in [6, 6.07) is 6.65. The van der Waals surface area contributed by atoms with Gasteiger partial charge in [0, 0.05) is 32.6 Å². The van der Waals surface area contributed by atoms with Gasteiger partial charge in [0.1, 0.15) is 0 Å². The minimum absolute atomic E-state index is 0. The number of rotatable bonds is 6. The number of benzene rings is 1. The van der Waals surface area contributed by atoms with E-state index in [1.54, 1.807) is 24.3 Å².